The number of nitrogens with zero attached hydrogens (tertiary/aromatic N) is 1. The Bertz CT molecular complexity index is 875. The summed E-state index contributed by atoms with van der Waals surface area (Å²) in [4.78, 5) is 15.2. The van der Waals surface area contributed by atoms with Crippen molar-refractivity contribution in [1.82, 2.24) is 4.98 Å². The van der Waals surface area contributed by atoms with Gasteiger partial charge in [-0.3, -0.25) is 4.79 Å². The monoisotopic (exact) mass is 341 g/mol. The molecule has 0 unspecified atom stereocenters. The molecule has 0 N–H and O–H groups in total. The molecule has 3 aromatic rings. The number of benzene rings is 2. The van der Waals surface area contributed by atoms with Crippen LogP contribution >= 0.6 is 0 Å². The second-order valence-corrected chi connectivity index (χ2v) is 5.20. The molecule has 25 heavy (non-hydrogen) atoms. The second-order valence-electron chi connectivity index (χ2n) is 5.20. The van der Waals surface area contributed by atoms with Crippen LogP contribution in [0.15, 0.2) is 53.1 Å². The smallest absolute Gasteiger partial charge is 0.226 e. The number of aromatic nitrogens is 1. The molecule has 6 heteroatoms. The molecule has 0 spiro atoms. The average Bonchev–Trinajstić information content (AvgIpc) is 3.10. The van der Waals surface area contributed by atoms with Gasteiger partial charge in [-0.05, 0) is 43.3 Å². The number of hydrogen-bond donors (Lipinski definition) is 0. The van der Waals surface area contributed by atoms with Gasteiger partial charge < -0.3 is 13.9 Å². The summed E-state index contributed by atoms with van der Waals surface area (Å²) in [7, 11) is 0. The molecule has 1 aromatic heterocycles. The van der Waals surface area contributed by atoms with Gasteiger partial charge in [0.25, 0.3) is 0 Å². The first-order chi connectivity index (χ1) is 12.2. The van der Waals surface area contributed by atoms with Crippen molar-refractivity contribution in [3.8, 4) is 23.0 Å². The molecule has 0 amide bonds. The van der Waals surface area contributed by atoms with E-state index in [1.807, 2.05) is 6.92 Å². The second kappa shape index (κ2) is 7.61. The van der Waals surface area contributed by atoms with Crippen LogP contribution in [0.4, 0.5) is 4.39 Å². The standard InChI is InChI=1S/C19H16FNO4/c1-2-23-18-8-13(10-22)6-7-17(18)24-11-16-12-25-19(21-16)14-4-3-5-15(20)9-14/h3-10,12H,2,11H2,1H3. The van der Waals surface area contributed by atoms with Crippen LogP contribution in [0.3, 0.4) is 0 Å². The molecule has 0 aliphatic heterocycles. The van der Waals surface area contributed by atoms with Crippen LogP contribution in [0.5, 0.6) is 11.5 Å². The van der Waals surface area contributed by atoms with Crippen LogP contribution in [0, 0.1) is 5.82 Å². The fourth-order valence-corrected chi connectivity index (χ4v) is 2.26. The molecule has 5 nitrogen and oxygen atoms in total. The highest BCUT2D eigenvalue weighted by molar-refractivity contribution is 5.76. The largest absolute Gasteiger partial charge is 0.490 e. The number of halogens is 1. The van der Waals surface area contributed by atoms with Crippen molar-refractivity contribution in [2.24, 2.45) is 0 Å². The van der Waals surface area contributed by atoms with E-state index in [0.717, 1.165) is 6.29 Å². The molecule has 1 heterocycles. The molecule has 0 atom stereocenters. The third-order valence-electron chi connectivity index (χ3n) is 3.40. The van der Waals surface area contributed by atoms with E-state index < -0.39 is 0 Å². The lowest BCUT2D eigenvalue weighted by Gasteiger charge is -2.11. The first-order valence-electron chi connectivity index (χ1n) is 7.74. The van der Waals surface area contributed by atoms with Crippen LogP contribution in [0.2, 0.25) is 0 Å². The Labute approximate surface area is 144 Å². The number of rotatable bonds is 7. The van der Waals surface area contributed by atoms with Gasteiger partial charge in [-0.15, -0.1) is 0 Å². The minimum atomic E-state index is -0.356. The Balaban J connectivity index is 1.73. The van der Waals surface area contributed by atoms with Crippen molar-refractivity contribution < 1.29 is 23.1 Å². The highest BCUT2D eigenvalue weighted by Crippen LogP contribution is 2.29. The number of hydrogen-bond acceptors (Lipinski definition) is 5. The number of aldehydes is 1. The number of carbonyl (C=O) groups excluding carboxylic acids is 1. The van der Waals surface area contributed by atoms with E-state index in [0.29, 0.717) is 40.8 Å². The van der Waals surface area contributed by atoms with E-state index in [1.165, 1.54) is 18.4 Å². The highest BCUT2D eigenvalue weighted by Gasteiger charge is 2.11. The van der Waals surface area contributed by atoms with Gasteiger partial charge >= 0.3 is 0 Å². The van der Waals surface area contributed by atoms with Crippen LogP contribution in [0.1, 0.15) is 23.0 Å². The molecule has 0 fully saturated rings. The van der Waals surface area contributed by atoms with E-state index in [1.54, 1.807) is 30.3 Å². The third kappa shape index (κ3) is 4.03. The van der Waals surface area contributed by atoms with Crippen LogP contribution in [0.25, 0.3) is 11.5 Å². The van der Waals surface area contributed by atoms with E-state index in [2.05, 4.69) is 4.98 Å². The predicted octanol–water partition coefficient (Wildman–Crippen LogP) is 4.27. The normalized spacial score (nSPS) is 10.5. The van der Waals surface area contributed by atoms with Crippen molar-refractivity contribution >= 4 is 6.29 Å². The molecule has 128 valence electrons. The van der Waals surface area contributed by atoms with Crippen molar-refractivity contribution in [2.75, 3.05) is 6.61 Å². The number of ether oxygens (including phenoxy) is 2. The first kappa shape index (κ1) is 16.7. The molecule has 0 aliphatic carbocycles. The fraction of sp³-hybridized carbons (Fsp3) is 0.158. The van der Waals surface area contributed by atoms with Gasteiger partial charge in [0.05, 0.1) is 6.61 Å². The Hall–Kier alpha value is -3.15. The Kier molecular flexibility index (Phi) is 5.09. The fourth-order valence-electron chi connectivity index (χ4n) is 2.26. The summed E-state index contributed by atoms with van der Waals surface area (Å²) in [5.41, 5.74) is 1.61. The maximum Gasteiger partial charge on any atom is 0.226 e. The van der Waals surface area contributed by atoms with E-state index in [9.17, 15) is 9.18 Å². The van der Waals surface area contributed by atoms with Gasteiger partial charge in [0, 0.05) is 11.1 Å². The lowest BCUT2D eigenvalue weighted by atomic mass is 10.2. The van der Waals surface area contributed by atoms with E-state index >= 15 is 0 Å². The summed E-state index contributed by atoms with van der Waals surface area (Å²) in [5.74, 6) is 0.952. The zero-order valence-corrected chi connectivity index (χ0v) is 13.6. The van der Waals surface area contributed by atoms with Crippen molar-refractivity contribution in [1.29, 1.82) is 0 Å². The van der Waals surface area contributed by atoms with Gasteiger partial charge in [-0.1, -0.05) is 6.07 Å². The average molecular weight is 341 g/mol. The summed E-state index contributed by atoms with van der Waals surface area (Å²) < 4.78 is 29.8. The van der Waals surface area contributed by atoms with Gasteiger partial charge in [0.15, 0.2) is 11.5 Å². The maximum atomic E-state index is 13.3. The summed E-state index contributed by atoms with van der Waals surface area (Å²) >= 11 is 0. The third-order valence-corrected chi connectivity index (χ3v) is 3.40. The zero-order valence-electron chi connectivity index (χ0n) is 13.6. The minimum Gasteiger partial charge on any atom is -0.490 e. The molecule has 0 aliphatic rings. The Morgan fingerprint density at radius 2 is 2.04 bits per heavy atom. The van der Waals surface area contributed by atoms with Crippen molar-refractivity contribution in [3.05, 3.63) is 65.8 Å². The van der Waals surface area contributed by atoms with Crippen molar-refractivity contribution in [3.63, 3.8) is 0 Å². The first-order valence-corrected chi connectivity index (χ1v) is 7.74. The number of oxazole rings is 1. The maximum absolute atomic E-state index is 13.3. The minimum absolute atomic E-state index is 0.152. The van der Waals surface area contributed by atoms with Crippen LogP contribution in [-0.2, 0) is 6.61 Å². The lowest BCUT2D eigenvalue weighted by molar-refractivity contribution is 0.112. The predicted molar refractivity (Wildman–Crippen MR) is 89.2 cm³/mol. The Morgan fingerprint density at radius 3 is 2.80 bits per heavy atom. The molecule has 0 bridgehead atoms. The topological polar surface area (TPSA) is 61.6 Å². The van der Waals surface area contributed by atoms with E-state index in [4.69, 9.17) is 13.9 Å². The van der Waals surface area contributed by atoms with Gasteiger partial charge in [0.1, 0.15) is 30.7 Å². The summed E-state index contributed by atoms with van der Waals surface area (Å²) in [5, 5.41) is 0. The van der Waals surface area contributed by atoms with Crippen molar-refractivity contribution in [2.45, 2.75) is 13.5 Å². The zero-order chi connectivity index (χ0) is 17.6. The van der Waals surface area contributed by atoms with Gasteiger partial charge in [-0.25, -0.2) is 9.37 Å². The van der Waals surface area contributed by atoms with Crippen LogP contribution in [-0.4, -0.2) is 17.9 Å². The van der Waals surface area contributed by atoms with Gasteiger partial charge in [0.2, 0.25) is 5.89 Å². The summed E-state index contributed by atoms with van der Waals surface area (Å²) in [6, 6.07) is 10.9. The van der Waals surface area contributed by atoms with Crippen LogP contribution < -0.4 is 9.47 Å². The highest BCUT2D eigenvalue weighted by atomic mass is 19.1. The summed E-state index contributed by atoms with van der Waals surface area (Å²) in [6.45, 7) is 2.45. The van der Waals surface area contributed by atoms with Gasteiger partial charge in [-0.2, -0.15) is 0 Å². The number of carbonyl (C=O) groups is 1. The molecule has 2 aromatic carbocycles. The molecule has 0 saturated heterocycles. The molecule has 0 saturated carbocycles. The van der Waals surface area contributed by atoms with E-state index in [-0.39, 0.29) is 12.4 Å². The lowest BCUT2D eigenvalue weighted by Crippen LogP contribution is -2.00. The SMILES string of the molecule is CCOc1cc(C=O)ccc1OCc1coc(-c2cccc(F)c2)n1. The molecule has 0 radical (unpaired) electrons. The Morgan fingerprint density at radius 1 is 1.16 bits per heavy atom. The molecular weight excluding hydrogens is 325 g/mol. The summed E-state index contributed by atoms with van der Waals surface area (Å²) in [6.07, 6.45) is 2.20. The molecular formula is C19H16FNO4. The molecule has 3 rings (SSSR count). The quantitative estimate of drug-likeness (QED) is 0.601.